The number of aliphatic imine (C=N–C) groups is 1. The van der Waals surface area contributed by atoms with Crippen LogP contribution in [0.1, 0.15) is 90.4 Å². The minimum Gasteiger partial charge on any atom is -0.361 e. The lowest BCUT2D eigenvalue weighted by molar-refractivity contribution is 0.438. The molecule has 3 N–H and O–H groups in total. The van der Waals surface area contributed by atoms with Crippen molar-refractivity contribution in [2.24, 2.45) is 4.99 Å². The maximum atomic E-state index is 4.25. The molecule has 0 aromatic rings. The number of hydrogen-bond donors (Lipinski definition) is 1. The van der Waals surface area contributed by atoms with Gasteiger partial charge in [0.1, 0.15) is 0 Å². The molecule has 126 valence electrons. The third-order valence-corrected chi connectivity index (χ3v) is 4.31. The lowest BCUT2D eigenvalue weighted by atomic mass is 10.0. The molecule has 0 bridgehead atoms. The first kappa shape index (κ1) is 20.4. The normalized spacial score (nSPS) is 13.7. The van der Waals surface area contributed by atoms with Gasteiger partial charge in [-0.05, 0) is 6.42 Å². The SMILES string of the molecule is CCCCCCCCCCCCCCCN1C=NCC1.N. The van der Waals surface area contributed by atoms with Crippen molar-refractivity contribution >= 4 is 6.34 Å². The number of hydrogen-bond acceptors (Lipinski definition) is 3. The summed E-state index contributed by atoms with van der Waals surface area (Å²) in [4.78, 5) is 6.61. The standard InChI is InChI=1S/C18H36N2.H3N/c1-2-3-4-5-6-7-8-9-10-11-12-13-14-16-20-17-15-19-18-20;/h18H,2-17H2,1H3;1H3. The first-order chi connectivity index (χ1) is 9.93. The fourth-order valence-electron chi connectivity index (χ4n) is 2.92. The molecule has 1 aliphatic heterocycles. The lowest BCUT2D eigenvalue weighted by Crippen LogP contribution is -2.20. The number of rotatable bonds is 14. The van der Waals surface area contributed by atoms with Gasteiger partial charge in [-0.15, -0.1) is 0 Å². The van der Waals surface area contributed by atoms with Crippen molar-refractivity contribution in [3.8, 4) is 0 Å². The van der Waals surface area contributed by atoms with Gasteiger partial charge in [0, 0.05) is 13.1 Å². The fourth-order valence-corrected chi connectivity index (χ4v) is 2.92. The molecule has 0 aromatic heterocycles. The van der Waals surface area contributed by atoms with Crippen LogP contribution in [0.25, 0.3) is 0 Å². The van der Waals surface area contributed by atoms with Gasteiger partial charge in [-0.2, -0.15) is 0 Å². The monoisotopic (exact) mass is 297 g/mol. The molecule has 0 fully saturated rings. The summed E-state index contributed by atoms with van der Waals surface area (Å²) in [5.74, 6) is 0. The number of unbranched alkanes of at least 4 members (excludes halogenated alkanes) is 12. The van der Waals surface area contributed by atoms with Crippen LogP contribution in [-0.2, 0) is 0 Å². The van der Waals surface area contributed by atoms with Gasteiger partial charge in [0.25, 0.3) is 0 Å². The van der Waals surface area contributed by atoms with E-state index in [-0.39, 0.29) is 6.15 Å². The highest BCUT2D eigenvalue weighted by molar-refractivity contribution is 5.56. The Labute approximate surface area is 133 Å². The zero-order valence-corrected chi connectivity index (χ0v) is 14.5. The second kappa shape index (κ2) is 15.8. The van der Waals surface area contributed by atoms with Crippen LogP contribution in [0.15, 0.2) is 4.99 Å². The maximum absolute atomic E-state index is 4.25. The summed E-state index contributed by atoms with van der Waals surface area (Å²) < 4.78 is 0. The van der Waals surface area contributed by atoms with Gasteiger partial charge >= 0.3 is 0 Å². The molecular weight excluding hydrogens is 258 g/mol. The number of nitrogens with zero attached hydrogens (tertiary/aromatic N) is 2. The summed E-state index contributed by atoms with van der Waals surface area (Å²) in [6, 6.07) is 0. The van der Waals surface area contributed by atoms with E-state index in [1.807, 2.05) is 6.34 Å². The van der Waals surface area contributed by atoms with Crippen LogP contribution in [0.5, 0.6) is 0 Å². The zero-order valence-electron chi connectivity index (χ0n) is 14.5. The Balaban J connectivity index is 0.00000400. The Morgan fingerprint density at radius 3 is 1.67 bits per heavy atom. The second-order valence-corrected chi connectivity index (χ2v) is 6.30. The Kier molecular flexibility index (Phi) is 15.4. The highest BCUT2D eigenvalue weighted by Crippen LogP contribution is 2.12. The Morgan fingerprint density at radius 2 is 1.24 bits per heavy atom. The third kappa shape index (κ3) is 12.9. The van der Waals surface area contributed by atoms with Crippen molar-refractivity contribution in [1.29, 1.82) is 0 Å². The van der Waals surface area contributed by atoms with Crippen molar-refractivity contribution in [2.75, 3.05) is 19.6 Å². The van der Waals surface area contributed by atoms with E-state index in [0.717, 1.165) is 13.1 Å². The minimum absolute atomic E-state index is 0. The van der Waals surface area contributed by atoms with Crippen molar-refractivity contribution in [2.45, 2.75) is 90.4 Å². The van der Waals surface area contributed by atoms with E-state index in [0.29, 0.717) is 0 Å². The van der Waals surface area contributed by atoms with E-state index in [1.165, 1.54) is 90.0 Å². The molecule has 1 aliphatic rings. The smallest absolute Gasteiger partial charge is 0.0851 e. The van der Waals surface area contributed by atoms with E-state index >= 15 is 0 Å². The van der Waals surface area contributed by atoms with Crippen molar-refractivity contribution < 1.29 is 0 Å². The molecule has 0 saturated heterocycles. The molecule has 0 atom stereocenters. The largest absolute Gasteiger partial charge is 0.361 e. The Hall–Kier alpha value is -0.570. The zero-order chi connectivity index (χ0) is 14.3. The average Bonchev–Trinajstić information content (AvgIpc) is 2.97. The highest BCUT2D eigenvalue weighted by atomic mass is 15.2. The predicted molar refractivity (Wildman–Crippen MR) is 95.6 cm³/mol. The van der Waals surface area contributed by atoms with E-state index in [2.05, 4.69) is 16.8 Å². The van der Waals surface area contributed by atoms with E-state index in [1.54, 1.807) is 0 Å². The van der Waals surface area contributed by atoms with Crippen LogP contribution in [0.2, 0.25) is 0 Å². The highest BCUT2D eigenvalue weighted by Gasteiger charge is 2.03. The average molecular weight is 298 g/mol. The van der Waals surface area contributed by atoms with Crippen LogP contribution in [0, 0.1) is 0 Å². The van der Waals surface area contributed by atoms with Gasteiger partial charge in [-0.1, -0.05) is 84.0 Å². The van der Waals surface area contributed by atoms with Crippen LogP contribution in [0.4, 0.5) is 0 Å². The maximum Gasteiger partial charge on any atom is 0.0851 e. The van der Waals surface area contributed by atoms with Gasteiger partial charge in [-0.3, -0.25) is 4.99 Å². The minimum atomic E-state index is 0. The van der Waals surface area contributed by atoms with Crippen molar-refractivity contribution in [3.05, 3.63) is 0 Å². The molecule has 0 aliphatic carbocycles. The first-order valence-corrected chi connectivity index (χ1v) is 9.17. The predicted octanol–water partition coefficient (Wildman–Crippen LogP) is 5.58. The summed E-state index contributed by atoms with van der Waals surface area (Å²) in [5, 5.41) is 0. The van der Waals surface area contributed by atoms with Crippen LogP contribution in [0.3, 0.4) is 0 Å². The van der Waals surface area contributed by atoms with Crippen LogP contribution >= 0.6 is 0 Å². The van der Waals surface area contributed by atoms with Crippen molar-refractivity contribution in [3.63, 3.8) is 0 Å². The quantitative estimate of drug-likeness (QED) is 0.425. The summed E-state index contributed by atoms with van der Waals surface area (Å²) in [6.07, 6.45) is 20.7. The molecule has 0 radical (unpaired) electrons. The summed E-state index contributed by atoms with van der Waals surface area (Å²) in [5.41, 5.74) is 0. The second-order valence-electron chi connectivity index (χ2n) is 6.30. The van der Waals surface area contributed by atoms with E-state index in [9.17, 15) is 0 Å². The van der Waals surface area contributed by atoms with Crippen LogP contribution in [-0.4, -0.2) is 30.9 Å². The fraction of sp³-hybridized carbons (Fsp3) is 0.944. The molecule has 3 heteroatoms. The molecule has 0 amide bonds. The first-order valence-electron chi connectivity index (χ1n) is 9.17. The molecule has 0 saturated carbocycles. The van der Waals surface area contributed by atoms with Gasteiger partial charge in [0.2, 0.25) is 0 Å². The van der Waals surface area contributed by atoms with Gasteiger partial charge in [0.05, 0.1) is 12.9 Å². The molecule has 0 spiro atoms. The van der Waals surface area contributed by atoms with Gasteiger partial charge < -0.3 is 11.1 Å². The third-order valence-electron chi connectivity index (χ3n) is 4.31. The molecule has 3 nitrogen and oxygen atoms in total. The van der Waals surface area contributed by atoms with E-state index in [4.69, 9.17) is 0 Å². The Bertz CT molecular complexity index is 229. The summed E-state index contributed by atoms with van der Waals surface area (Å²) in [6.45, 7) is 5.68. The molecule has 1 heterocycles. The van der Waals surface area contributed by atoms with Crippen molar-refractivity contribution in [1.82, 2.24) is 11.1 Å². The molecular formula is C18H39N3. The molecule has 1 rings (SSSR count). The van der Waals surface area contributed by atoms with Gasteiger partial charge in [0.15, 0.2) is 0 Å². The van der Waals surface area contributed by atoms with E-state index < -0.39 is 0 Å². The molecule has 21 heavy (non-hydrogen) atoms. The molecule has 0 aromatic carbocycles. The van der Waals surface area contributed by atoms with Crippen LogP contribution < -0.4 is 6.15 Å². The Morgan fingerprint density at radius 1 is 0.762 bits per heavy atom. The summed E-state index contributed by atoms with van der Waals surface area (Å²) >= 11 is 0. The van der Waals surface area contributed by atoms with Gasteiger partial charge in [-0.25, -0.2) is 0 Å². The molecule has 0 unspecified atom stereocenters. The lowest BCUT2D eigenvalue weighted by Gasteiger charge is -2.12. The summed E-state index contributed by atoms with van der Waals surface area (Å²) in [7, 11) is 0. The topological polar surface area (TPSA) is 50.6 Å².